The quantitative estimate of drug-likeness (QED) is 0.812. The maximum absolute atomic E-state index is 8.81. The minimum Gasteiger partial charge on any atom is -0.454 e. The lowest BCUT2D eigenvalue weighted by Gasteiger charge is -1.97. The second kappa shape index (κ2) is 3.49. The Balaban J connectivity index is 2.00. The largest absolute Gasteiger partial charge is 0.454 e. The number of aromatic nitrogens is 2. The lowest BCUT2D eigenvalue weighted by molar-refractivity contribution is 0.174. The normalized spacial score (nSPS) is 13.1. The highest BCUT2D eigenvalue weighted by atomic mass is 16.7. The molecular weight excluding hydrogens is 212 g/mol. The van der Waals surface area contributed by atoms with Gasteiger partial charge in [-0.25, -0.2) is 0 Å². The molecule has 2 heterocycles. The van der Waals surface area contributed by atoms with Crippen LogP contribution in [0.3, 0.4) is 0 Å². The van der Waals surface area contributed by atoms with E-state index in [4.69, 9.17) is 19.0 Å². The van der Waals surface area contributed by atoms with Gasteiger partial charge in [0.15, 0.2) is 11.5 Å². The smallest absolute Gasteiger partial charge is 0.248 e. The summed E-state index contributed by atoms with van der Waals surface area (Å²) in [6.45, 7) is -0.0396. The van der Waals surface area contributed by atoms with Crippen molar-refractivity contribution >= 4 is 0 Å². The van der Waals surface area contributed by atoms with E-state index in [0.717, 1.165) is 5.56 Å². The van der Waals surface area contributed by atoms with Crippen molar-refractivity contribution in [2.45, 2.75) is 6.61 Å². The molecule has 1 aromatic heterocycles. The molecule has 6 nitrogen and oxygen atoms in total. The maximum atomic E-state index is 8.81. The van der Waals surface area contributed by atoms with Crippen LogP contribution in [0.2, 0.25) is 0 Å². The van der Waals surface area contributed by atoms with Crippen LogP contribution in [-0.4, -0.2) is 22.1 Å². The van der Waals surface area contributed by atoms with Crippen molar-refractivity contribution in [3.63, 3.8) is 0 Å². The zero-order valence-electron chi connectivity index (χ0n) is 8.21. The molecule has 16 heavy (non-hydrogen) atoms. The fraction of sp³-hybridized carbons (Fsp3) is 0.200. The van der Waals surface area contributed by atoms with E-state index in [1.807, 2.05) is 0 Å². The molecule has 0 bridgehead atoms. The first-order valence-corrected chi connectivity index (χ1v) is 4.70. The molecule has 82 valence electrons. The molecule has 0 saturated carbocycles. The topological polar surface area (TPSA) is 77.6 Å². The summed E-state index contributed by atoms with van der Waals surface area (Å²) in [6.07, 6.45) is 0. The summed E-state index contributed by atoms with van der Waals surface area (Å²) in [5, 5.41) is 16.3. The van der Waals surface area contributed by atoms with Crippen LogP contribution in [0, 0.1) is 0 Å². The van der Waals surface area contributed by atoms with Gasteiger partial charge >= 0.3 is 0 Å². The Bertz CT molecular complexity index is 523. The van der Waals surface area contributed by atoms with Crippen LogP contribution in [0.1, 0.15) is 5.89 Å². The second-order valence-electron chi connectivity index (χ2n) is 3.23. The number of nitrogens with zero attached hydrogens (tertiary/aromatic N) is 2. The Morgan fingerprint density at radius 3 is 2.88 bits per heavy atom. The fourth-order valence-corrected chi connectivity index (χ4v) is 1.46. The van der Waals surface area contributed by atoms with Crippen LogP contribution < -0.4 is 9.47 Å². The van der Waals surface area contributed by atoms with Gasteiger partial charge in [-0.15, -0.1) is 10.2 Å². The highest BCUT2D eigenvalue weighted by molar-refractivity contribution is 5.60. The Morgan fingerprint density at radius 1 is 1.19 bits per heavy atom. The van der Waals surface area contributed by atoms with E-state index in [1.165, 1.54) is 0 Å². The number of hydrogen-bond donors (Lipinski definition) is 1. The number of fused-ring (bicyclic) bond motifs is 1. The van der Waals surface area contributed by atoms with Crippen LogP contribution in [0.5, 0.6) is 11.5 Å². The Hall–Kier alpha value is -2.08. The molecule has 0 atom stereocenters. The van der Waals surface area contributed by atoms with E-state index in [0.29, 0.717) is 17.4 Å². The molecule has 1 aromatic carbocycles. The van der Waals surface area contributed by atoms with Gasteiger partial charge in [-0.3, -0.25) is 0 Å². The summed E-state index contributed by atoms with van der Waals surface area (Å²) >= 11 is 0. The number of rotatable bonds is 2. The minimum absolute atomic E-state index is 0.188. The van der Waals surface area contributed by atoms with E-state index >= 15 is 0 Å². The van der Waals surface area contributed by atoms with Crippen molar-refractivity contribution in [2.24, 2.45) is 0 Å². The van der Waals surface area contributed by atoms with E-state index < -0.39 is 0 Å². The molecule has 3 rings (SSSR count). The average molecular weight is 220 g/mol. The number of aliphatic hydroxyl groups is 1. The van der Waals surface area contributed by atoms with Gasteiger partial charge in [-0.2, -0.15) is 0 Å². The number of hydrogen-bond acceptors (Lipinski definition) is 6. The van der Waals surface area contributed by atoms with Crippen LogP contribution in [0.25, 0.3) is 11.5 Å². The molecule has 2 aromatic rings. The van der Waals surface area contributed by atoms with Crippen LogP contribution >= 0.6 is 0 Å². The third kappa shape index (κ3) is 1.40. The predicted octanol–water partition coefficient (Wildman–Crippen LogP) is 0.958. The summed E-state index contributed by atoms with van der Waals surface area (Å²) in [4.78, 5) is 0. The summed E-state index contributed by atoms with van der Waals surface area (Å²) in [6, 6.07) is 5.33. The predicted molar refractivity (Wildman–Crippen MR) is 51.8 cm³/mol. The van der Waals surface area contributed by atoms with Gasteiger partial charge in [0.25, 0.3) is 0 Å². The van der Waals surface area contributed by atoms with E-state index in [2.05, 4.69) is 10.2 Å². The van der Waals surface area contributed by atoms with Gasteiger partial charge < -0.3 is 19.0 Å². The van der Waals surface area contributed by atoms with E-state index in [9.17, 15) is 0 Å². The zero-order chi connectivity index (χ0) is 11.0. The molecular formula is C10H8N2O4. The molecule has 1 aliphatic heterocycles. The summed E-state index contributed by atoms with van der Waals surface area (Å²) < 4.78 is 15.6. The van der Waals surface area contributed by atoms with Gasteiger partial charge in [0.05, 0.1) is 0 Å². The molecule has 1 aliphatic rings. The second-order valence-corrected chi connectivity index (χ2v) is 3.23. The van der Waals surface area contributed by atoms with Crippen LogP contribution in [-0.2, 0) is 6.61 Å². The molecule has 0 saturated heterocycles. The summed E-state index contributed by atoms with van der Waals surface area (Å²) in [5.74, 6) is 1.89. The molecule has 0 spiro atoms. The van der Waals surface area contributed by atoms with Crippen molar-refractivity contribution in [1.29, 1.82) is 0 Å². The Kier molecular flexibility index (Phi) is 2.00. The lowest BCUT2D eigenvalue weighted by Crippen LogP contribution is -1.92. The Labute approximate surface area is 90.4 Å². The van der Waals surface area contributed by atoms with Crippen LogP contribution in [0.15, 0.2) is 22.6 Å². The van der Waals surface area contributed by atoms with E-state index in [-0.39, 0.29) is 19.3 Å². The molecule has 1 N–H and O–H groups in total. The molecule has 0 aliphatic carbocycles. The molecule has 0 fully saturated rings. The number of aliphatic hydroxyl groups excluding tert-OH is 1. The van der Waals surface area contributed by atoms with Crippen molar-refractivity contribution in [2.75, 3.05) is 6.79 Å². The standard InChI is InChI=1S/C10H8N2O4/c13-4-9-11-12-10(16-9)6-1-2-7-8(3-6)15-5-14-7/h1-3,13H,4-5H2. The van der Waals surface area contributed by atoms with Gasteiger partial charge in [0, 0.05) is 5.56 Å². The van der Waals surface area contributed by atoms with E-state index in [1.54, 1.807) is 18.2 Å². The molecule has 0 amide bonds. The zero-order valence-corrected chi connectivity index (χ0v) is 8.21. The molecule has 0 unspecified atom stereocenters. The van der Waals surface area contributed by atoms with Crippen molar-refractivity contribution < 1.29 is 19.0 Å². The lowest BCUT2D eigenvalue weighted by atomic mass is 10.2. The first-order valence-electron chi connectivity index (χ1n) is 4.70. The monoisotopic (exact) mass is 220 g/mol. The first kappa shape index (κ1) is 9.17. The summed E-state index contributed by atoms with van der Waals surface area (Å²) in [7, 11) is 0. The number of ether oxygens (including phenoxy) is 2. The highest BCUT2D eigenvalue weighted by Crippen LogP contribution is 2.35. The fourth-order valence-electron chi connectivity index (χ4n) is 1.46. The Morgan fingerprint density at radius 2 is 2.06 bits per heavy atom. The third-order valence-corrected chi connectivity index (χ3v) is 2.22. The summed E-state index contributed by atoms with van der Waals surface area (Å²) in [5.41, 5.74) is 0.733. The minimum atomic E-state index is -0.266. The van der Waals surface area contributed by atoms with Crippen molar-refractivity contribution in [3.8, 4) is 23.0 Å². The van der Waals surface area contributed by atoms with Gasteiger partial charge in [0.2, 0.25) is 18.6 Å². The SMILES string of the molecule is OCc1nnc(-c2ccc3c(c2)OCO3)o1. The first-order chi connectivity index (χ1) is 7.86. The van der Waals surface area contributed by atoms with Gasteiger partial charge in [-0.1, -0.05) is 0 Å². The average Bonchev–Trinajstić information content (AvgIpc) is 2.96. The third-order valence-electron chi connectivity index (χ3n) is 2.22. The van der Waals surface area contributed by atoms with Crippen molar-refractivity contribution in [1.82, 2.24) is 10.2 Å². The molecule has 6 heteroatoms. The molecule has 0 radical (unpaired) electrons. The van der Waals surface area contributed by atoms with Gasteiger partial charge in [-0.05, 0) is 18.2 Å². The van der Waals surface area contributed by atoms with Crippen LogP contribution in [0.4, 0.5) is 0 Å². The van der Waals surface area contributed by atoms with Crippen molar-refractivity contribution in [3.05, 3.63) is 24.1 Å². The maximum Gasteiger partial charge on any atom is 0.248 e. The number of benzene rings is 1. The highest BCUT2D eigenvalue weighted by Gasteiger charge is 2.16. The van der Waals surface area contributed by atoms with Gasteiger partial charge in [0.1, 0.15) is 6.61 Å².